The van der Waals surface area contributed by atoms with Gasteiger partial charge in [-0.1, -0.05) is 68.0 Å². The van der Waals surface area contributed by atoms with Gasteiger partial charge in [0.05, 0.1) is 0 Å². The van der Waals surface area contributed by atoms with Gasteiger partial charge in [0.25, 0.3) is 0 Å². The molecule has 174 valence electrons. The van der Waals surface area contributed by atoms with Gasteiger partial charge in [-0.25, -0.2) is 26.3 Å². The zero-order valence-electron chi connectivity index (χ0n) is 18.2. The van der Waals surface area contributed by atoms with Crippen LogP contribution in [-0.4, -0.2) is 0 Å². The van der Waals surface area contributed by atoms with Crippen molar-refractivity contribution in [1.29, 1.82) is 0 Å². The lowest BCUT2D eigenvalue weighted by molar-refractivity contribution is 0.162. The van der Waals surface area contributed by atoms with Crippen LogP contribution in [0.25, 0.3) is 11.1 Å². The molecule has 0 aliphatic rings. The Balaban J connectivity index is 1.99. The first kappa shape index (κ1) is 24.6. The Kier molecular flexibility index (Phi) is 8.01. The van der Waals surface area contributed by atoms with Crippen molar-refractivity contribution in [3.05, 3.63) is 107 Å². The minimum absolute atomic E-state index is 0.0994. The van der Waals surface area contributed by atoms with Crippen molar-refractivity contribution in [3.8, 4) is 11.1 Å². The lowest BCUT2D eigenvalue weighted by Gasteiger charge is -2.18. The van der Waals surface area contributed by atoms with Gasteiger partial charge in [-0.3, -0.25) is 0 Å². The van der Waals surface area contributed by atoms with Crippen molar-refractivity contribution in [2.45, 2.75) is 45.0 Å². The standard InChI is InChI=1S/C27H24F6/c1-3-5-9-17-14-15-19(25(31)23(17)29)18-11-7-13-21(24(18)30)27(33)26(32)20-12-6-10-16(8-4-2)22(20)28/h3,6-7,10-15,26-27H,1,4-5,8-9H2,2H3. The van der Waals surface area contributed by atoms with E-state index in [1.165, 1.54) is 30.3 Å². The molecule has 0 saturated carbocycles. The Morgan fingerprint density at radius 3 is 1.91 bits per heavy atom. The van der Waals surface area contributed by atoms with Gasteiger partial charge >= 0.3 is 0 Å². The van der Waals surface area contributed by atoms with Crippen molar-refractivity contribution < 1.29 is 26.3 Å². The highest BCUT2D eigenvalue weighted by Gasteiger charge is 2.31. The van der Waals surface area contributed by atoms with Crippen LogP contribution in [0, 0.1) is 23.3 Å². The van der Waals surface area contributed by atoms with Crippen molar-refractivity contribution in [3.63, 3.8) is 0 Å². The third-order valence-corrected chi connectivity index (χ3v) is 5.58. The molecule has 6 heteroatoms. The first-order valence-corrected chi connectivity index (χ1v) is 10.7. The predicted octanol–water partition coefficient (Wildman–Crippen LogP) is 8.70. The summed E-state index contributed by atoms with van der Waals surface area (Å²) >= 11 is 0. The molecule has 0 nitrogen and oxygen atoms in total. The third kappa shape index (κ3) is 5.00. The lowest BCUT2D eigenvalue weighted by Crippen LogP contribution is -2.09. The van der Waals surface area contributed by atoms with E-state index in [9.17, 15) is 13.2 Å². The van der Waals surface area contributed by atoms with Gasteiger partial charge < -0.3 is 0 Å². The number of benzene rings is 3. The molecule has 2 atom stereocenters. The van der Waals surface area contributed by atoms with Crippen LogP contribution in [-0.2, 0) is 12.8 Å². The van der Waals surface area contributed by atoms with E-state index in [1.54, 1.807) is 6.08 Å². The fraction of sp³-hybridized carbons (Fsp3) is 0.259. The highest BCUT2D eigenvalue weighted by molar-refractivity contribution is 5.66. The second kappa shape index (κ2) is 10.7. The number of halogens is 6. The highest BCUT2D eigenvalue weighted by atomic mass is 19.2. The molecule has 0 amide bonds. The molecule has 0 aliphatic carbocycles. The summed E-state index contributed by atoms with van der Waals surface area (Å²) < 4.78 is 89.1. The molecule has 0 N–H and O–H groups in total. The van der Waals surface area contributed by atoms with Gasteiger partial charge in [-0.2, -0.15) is 0 Å². The molecule has 33 heavy (non-hydrogen) atoms. The molecule has 0 heterocycles. The normalized spacial score (nSPS) is 13.1. The first-order chi connectivity index (χ1) is 15.8. The van der Waals surface area contributed by atoms with Gasteiger partial charge in [0.15, 0.2) is 24.0 Å². The molecular formula is C27H24F6. The molecular weight excluding hydrogens is 438 g/mol. The molecule has 2 unspecified atom stereocenters. The average Bonchev–Trinajstić information content (AvgIpc) is 2.81. The second-order valence-electron chi connectivity index (χ2n) is 7.81. The van der Waals surface area contributed by atoms with Crippen LogP contribution in [0.15, 0.2) is 61.2 Å². The summed E-state index contributed by atoms with van der Waals surface area (Å²) in [7, 11) is 0. The van der Waals surface area contributed by atoms with Crippen LogP contribution in [0.5, 0.6) is 0 Å². The maximum Gasteiger partial charge on any atom is 0.167 e. The van der Waals surface area contributed by atoms with E-state index in [0.29, 0.717) is 19.3 Å². The Bertz CT molecular complexity index is 1140. The quantitative estimate of drug-likeness (QED) is 0.220. The molecule has 3 rings (SSSR count). The van der Waals surface area contributed by atoms with Crippen LogP contribution < -0.4 is 0 Å². The minimum Gasteiger partial charge on any atom is -0.239 e. The van der Waals surface area contributed by atoms with E-state index in [0.717, 1.165) is 18.2 Å². The van der Waals surface area contributed by atoms with Gasteiger partial charge in [-0.05, 0) is 30.4 Å². The average molecular weight is 462 g/mol. The zero-order chi connectivity index (χ0) is 24.1. The number of hydrogen-bond acceptors (Lipinski definition) is 0. The molecule has 0 aromatic heterocycles. The highest BCUT2D eigenvalue weighted by Crippen LogP contribution is 2.40. The Hall–Kier alpha value is -3.02. The number of alkyl halides is 2. The van der Waals surface area contributed by atoms with Crippen molar-refractivity contribution in [2.24, 2.45) is 0 Å². The van der Waals surface area contributed by atoms with Crippen LogP contribution >= 0.6 is 0 Å². The Morgan fingerprint density at radius 2 is 1.27 bits per heavy atom. The predicted molar refractivity (Wildman–Crippen MR) is 118 cm³/mol. The molecule has 0 bridgehead atoms. The SMILES string of the molecule is C=CCCc1ccc(-c2cccc(C(F)C(F)c3cccc(CCC)c3F)c2F)c(F)c1F. The summed E-state index contributed by atoms with van der Waals surface area (Å²) in [5.41, 5.74) is -1.68. The van der Waals surface area contributed by atoms with Crippen LogP contribution in [0.1, 0.15) is 54.4 Å². The number of rotatable bonds is 9. The topological polar surface area (TPSA) is 0 Å². The van der Waals surface area contributed by atoms with E-state index in [1.807, 2.05) is 6.92 Å². The molecule has 3 aromatic rings. The van der Waals surface area contributed by atoms with Crippen molar-refractivity contribution in [2.75, 3.05) is 0 Å². The van der Waals surface area contributed by atoms with Gasteiger partial charge in [0.1, 0.15) is 11.6 Å². The van der Waals surface area contributed by atoms with Crippen molar-refractivity contribution in [1.82, 2.24) is 0 Å². The number of hydrogen-bond donors (Lipinski definition) is 0. The molecule has 0 radical (unpaired) electrons. The largest absolute Gasteiger partial charge is 0.239 e. The first-order valence-electron chi connectivity index (χ1n) is 10.7. The van der Waals surface area contributed by atoms with E-state index < -0.39 is 57.9 Å². The summed E-state index contributed by atoms with van der Waals surface area (Å²) in [4.78, 5) is 0. The zero-order valence-corrected chi connectivity index (χ0v) is 18.2. The number of aryl methyl sites for hydroxylation is 2. The van der Waals surface area contributed by atoms with E-state index in [2.05, 4.69) is 6.58 Å². The van der Waals surface area contributed by atoms with E-state index in [-0.39, 0.29) is 17.5 Å². The van der Waals surface area contributed by atoms with Crippen molar-refractivity contribution >= 4 is 0 Å². The Labute approximate surface area is 189 Å². The third-order valence-electron chi connectivity index (χ3n) is 5.58. The molecule has 0 saturated heterocycles. The molecule has 0 spiro atoms. The summed E-state index contributed by atoms with van der Waals surface area (Å²) in [6.45, 7) is 5.36. The fourth-order valence-corrected chi connectivity index (χ4v) is 3.81. The van der Waals surface area contributed by atoms with Crippen LogP contribution in [0.2, 0.25) is 0 Å². The van der Waals surface area contributed by atoms with E-state index >= 15 is 13.2 Å². The van der Waals surface area contributed by atoms with Gasteiger partial charge in [0, 0.05) is 22.3 Å². The summed E-state index contributed by atoms with van der Waals surface area (Å²) in [5, 5.41) is 0. The minimum atomic E-state index is -2.55. The lowest BCUT2D eigenvalue weighted by atomic mass is 9.93. The summed E-state index contributed by atoms with van der Waals surface area (Å²) in [5.74, 6) is -4.50. The fourth-order valence-electron chi connectivity index (χ4n) is 3.81. The monoisotopic (exact) mass is 462 g/mol. The molecule has 3 aromatic carbocycles. The maximum absolute atomic E-state index is 15.2. The van der Waals surface area contributed by atoms with Crippen LogP contribution in [0.3, 0.4) is 0 Å². The number of allylic oxidation sites excluding steroid dienone is 1. The molecule has 0 fully saturated rings. The molecule has 0 aliphatic heterocycles. The van der Waals surface area contributed by atoms with E-state index in [4.69, 9.17) is 0 Å². The Morgan fingerprint density at radius 1 is 0.697 bits per heavy atom. The van der Waals surface area contributed by atoms with Crippen LogP contribution in [0.4, 0.5) is 26.3 Å². The van der Waals surface area contributed by atoms with Gasteiger partial charge in [0.2, 0.25) is 0 Å². The van der Waals surface area contributed by atoms with Gasteiger partial charge in [-0.15, -0.1) is 6.58 Å². The summed E-state index contributed by atoms with van der Waals surface area (Å²) in [6, 6.07) is 9.93. The maximum atomic E-state index is 15.2. The smallest absolute Gasteiger partial charge is 0.167 e. The summed E-state index contributed by atoms with van der Waals surface area (Å²) in [6.07, 6.45) is -1.86. The second-order valence-corrected chi connectivity index (χ2v) is 7.81.